The minimum absolute atomic E-state index is 0.123. The first-order valence-electron chi connectivity index (χ1n) is 8.12. The normalized spacial score (nSPS) is 27.0. The summed E-state index contributed by atoms with van der Waals surface area (Å²) in [6, 6.07) is 0.911. The molecule has 0 spiro atoms. The Morgan fingerprint density at radius 1 is 1.43 bits per heavy atom. The number of methoxy groups -OCH3 is 2. The van der Waals surface area contributed by atoms with Crippen molar-refractivity contribution in [1.29, 1.82) is 0 Å². The first kappa shape index (κ1) is 18.4. The van der Waals surface area contributed by atoms with E-state index in [4.69, 9.17) is 9.47 Å². The third kappa shape index (κ3) is 4.41. The Balaban J connectivity index is 2.81. The molecule has 0 aromatic rings. The molecule has 1 saturated carbocycles. The van der Waals surface area contributed by atoms with Crippen molar-refractivity contribution < 1.29 is 14.3 Å². The lowest BCUT2D eigenvalue weighted by atomic mass is 9.96. The molecule has 21 heavy (non-hydrogen) atoms. The van der Waals surface area contributed by atoms with Gasteiger partial charge in [0, 0.05) is 25.7 Å². The van der Waals surface area contributed by atoms with Crippen molar-refractivity contribution in [2.75, 3.05) is 33.9 Å². The summed E-state index contributed by atoms with van der Waals surface area (Å²) in [5, 5.41) is 3.37. The number of hydrogen-bond acceptors (Lipinski definition) is 5. The van der Waals surface area contributed by atoms with E-state index in [-0.39, 0.29) is 5.97 Å². The van der Waals surface area contributed by atoms with Gasteiger partial charge in [0.15, 0.2) is 0 Å². The molecule has 5 heteroatoms. The maximum Gasteiger partial charge on any atom is 0.326 e. The van der Waals surface area contributed by atoms with Gasteiger partial charge in [0.2, 0.25) is 0 Å². The standard InChI is InChI=1S/C16H32N2O3/c1-6-13(3)18(10-11-20-4)14-8-9-16(12-14,17-7-2)15(19)21-5/h13-14,17H,6-12H2,1-5H3. The van der Waals surface area contributed by atoms with E-state index < -0.39 is 5.54 Å². The molecule has 0 radical (unpaired) electrons. The maximum absolute atomic E-state index is 12.2. The van der Waals surface area contributed by atoms with E-state index in [0.29, 0.717) is 12.1 Å². The number of carbonyl (C=O) groups is 1. The summed E-state index contributed by atoms with van der Waals surface area (Å²) >= 11 is 0. The molecular formula is C16H32N2O3. The SMILES string of the molecule is CCNC1(C(=O)OC)CCC(N(CCOC)C(C)CC)C1. The summed E-state index contributed by atoms with van der Waals surface area (Å²) in [6.07, 6.45) is 3.79. The monoisotopic (exact) mass is 300 g/mol. The van der Waals surface area contributed by atoms with Crippen LogP contribution in [0.5, 0.6) is 0 Å². The molecule has 5 nitrogen and oxygen atoms in total. The highest BCUT2D eigenvalue weighted by atomic mass is 16.5. The predicted molar refractivity (Wildman–Crippen MR) is 84.4 cm³/mol. The first-order valence-corrected chi connectivity index (χ1v) is 8.12. The molecule has 1 aliphatic carbocycles. The number of esters is 1. The van der Waals surface area contributed by atoms with Crippen LogP contribution in [-0.4, -0.2) is 62.4 Å². The zero-order valence-electron chi connectivity index (χ0n) is 14.3. The topological polar surface area (TPSA) is 50.8 Å². The molecule has 1 rings (SSSR count). The average Bonchev–Trinajstić information content (AvgIpc) is 2.92. The summed E-state index contributed by atoms with van der Waals surface area (Å²) in [7, 11) is 3.22. The van der Waals surface area contributed by atoms with Gasteiger partial charge in [-0.1, -0.05) is 13.8 Å². The molecule has 1 N–H and O–H groups in total. The van der Waals surface area contributed by atoms with Crippen LogP contribution in [-0.2, 0) is 14.3 Å². The van der Waals surface area contributed by atoms with Crippen molar-refractivity contribution in [1.82, 2.24) is 10.2 Å². The second-order valence-corrected chi connectivity index (χ2v) is 5.99. The van der Waals surface area contributed by atoms with Crippen LogP contribution in [0.1, 0.15) is 46.5 Å². The Bertz CT molecular complexity index is 325. The minimum Gasteiger partial charge on any atom is -0.468 e. The maximum atomic E-state index is 12.2. The van der Waals surface area contributed by atoms with Crippen molar-refractivity contribution in [3.63, 3.8) is 0 Å². The second-order valence-electron chi connectivity index (χ2n) is 5.99. The molecule has 0 bridgehead atoms. The van der Waals surface area contributed by atoms with E-state index in [2.05, 4.69) is 24.1 Å². The third-order valence-electron chi connectivity index (χ3n) is 4.76. The van der Waals surface area contributed by atoms with Crippen LogP contribution in [0.15, 0.2) is 0 Å². The van der Waals surface area contributed by atoms with E-state index in [1.807, 2.05) is 6.92 Å². The Hall–Kier alpha value is -0.650. The van der Waals surface area contributed by atoms with E-state index >= 15 is 0 Å². The van der Waals surface area contributed by atoms with Crippen LogP contribution in [0.4, 0.5) is 0 Å². The number of carbonyl (C=O) groups excluding carboxylic acids is 1. The Kier molecular flexibility index (Phi) is 7.63. The molecule has 0 aliphatic heterocycles. The van der Waals surface area contributed by atoms with Crippen LogP contribution >= 0.6 is 0 Å². The van der Waals surface area contributed by atoms with Gasteiger partial charge in [0.25, 0.3) is 0 Å². The molecule has 124 valence electrons. The van der Waals surface area contributed by atoms with Gasteiger partial charge in [-0.25, -0.2) is 0 Å². The average molecular weight is 300 g/mol. The van der Waals surface area contributed by atoms with E-state index in [0.717, 1.165) is 45.4 Å². The fraction of sp³-hybridized carbons (Fsp3) is 0.938. The number of rotatable bonds is 9. The molecule has 0 amide bonds. The molecule has 3 unspecified atom stereocenters. The predicted octanol–water partition coefficient (Wildman–Crippen LogP) is 1.81. The number of ether oxygens (including phenoxy) is 2. The quantitative estimate of drug-likeness (QED) is 0.658. The van der Waals surface area contributed by atoms with Crippen LogP contribution in [0.25, 0.3) is 0 Å². The number of likely N-dealkylation sites (N-methyl/N-ethyl adjacent to an activating group) is 1. The zero-order valence-corrected chi connectivity index (χ0v) is 14.3. The zero-order chi connectivity index (χ0) is 15.9. The highest BCUT2D eigenvalue weighted by Gasteiger charge is 2.47. The summed E-state index contributed by atoms with van der Waals surface area (Å²) in [4.78, 5) is 14.7. The van der Waals surface area contributed by atoms with Crippen molar-refractivity contribution in [2.24, 2.45) is 0 Å². The molecule has 1 aliphatic rings. The van der Waals surface area contributed by atoms with Gasteiger partial charge in [-0.05, 0) is 39.2 Å². The lowest BCUT2D eigenvalue weighted by molar-refractivity contribution is -0.148. The van der Waals surface area contributed by atoms with E-state index in [9.17, 15) is 4.79 Å². The first-order chi connectivity index (χ1) is 10.0. The smallest absolute Gasteiger partial charge is 0.326 e. The summed E-state index contributed by atoms with van der Waals surface area (Å²) in [6.45, 7) is 8.92. The number of nitrogens with zero attached hydrogens (tertiary/aromatic N) is 1. The van der Waals surface area contributed by atoms with Gasteiger partial charge in [-0.15, -0.1) is 0 Å². The fourth-order valence-corrected chi connectivity index (χ4v) is 3.45. The second kappa shape index (κ2) is 8.71. The van der Waals surface area contributed by atoms with Gasteiger partial charge < -0.3 is 14.8 Å². The summed E-state index contributed by atoms with van der Waals surface area (Å²) in [5.41, 5.74) is -0.507. The molecule has 0 aromatic heterocycles. The molecule has 0 saturated heterocycles. The molecule has 3 atom stereocenters. The third-order valence-corrected chi connectivity index (χ3v) is 4.76. The summed E-state index contributed by atoms with van der Waals surface area (Å²) in [5.74, 6) is -0.123. The van der Waals surface area contributed by atoms with Gasteiger partial charge in [0.1, 0.15) is 5.54 Å². The highest BCUT2D eigenvalue weighted by molar-refractivity contribution is 5.81. The van der Waals surface area contributed by atoms with Crippen molar-refractivity contribution >= 4 is 5.97 Å². The van der Waals surface area contributed by atoms with E-state index in [1.165, 1.54) is 7.11 Å². The van der Waals surface area contributed by atoms with E-state index in [1.54, 1.807) is 7.11 Å². The Labute approximate surface area is 129 Å². The van der Waals surface area contributed by atoms with Crippen LogP contribution in [0, 0.1) is 0 Å². The molecular weight excluding hydrogens is 268 g/mol. The van der Waals surface area contributed by atoms with Gasteiger partial charge in [-0.3, -0.25) is 9.69 Å². The number of nitrogens with one attached hydrogen (secondary N) is 1. The highest BCUT2D eigenvalue weighted by Crippen LogP contribution is 2.35. The molecule has 0 heterocycles. The lowest BCUT2D eigenvalue weighted by Crippen LogP contribution is -2.52. The Morgan fingerprint density at radius 2 is 2.14 bits per heavy atom. The van der Waals surface area contributed by atoms with Crippen LogP contribution < -0.4 is 5.32 Å². The largest absolute Gasteiger partial charge is 0.468 e. The van der Waals surface area contributed by atoms with Crippen LogP contribution in [0.3, 0.4) is 0 Å². The van der Waals surface area contributed by atoms with Crippen molar-refractivity contribution in [3.8, 4) is 0 Å². The number of hydrogen-bond donors (Lipinski definition) is 1. The summed E-state index contributed by atoms with van der Waals surface area (Å²) < 4.78 is 10.3. The van der Waals surface area contributed by atoms with Gasteiger partial charge >= 0.3 is 5.97 Å². The van der Waals surface area contributed by atoms with Crippen molar-refractivity contribution in [3.05, 3.63) is 0 Å². The lowest BCUT2D eigenvalue weighted by Gasteiger charge is -2.35. The Morgan fingerprint density at radius 3 is 2.67 bits per heavy atom. The van der Waals surface area contributed by atoms with Gasteiger partial charge in [0.05, 0.1) is 13.7 Å². The van der Waals surface area contributed by atoms with Crippen molar-refractivity contribution in [2.45, 2.75) is 64.1 Å². The van der Waals surface area contributed by atoms with Crippen LogP contribution in [0.2, 0.25) is 0 Å². The molecule has 1 fully saturated rings. The minimum atomic E-state index is -0.507. The van der Waals surface area contributed by atoms with Gasteiger partial charge in [-0.2, -0.15) is 0 Å². The molecule has 0 aromatic carbocycles. The fourth-order valence-electron chi connectivity index (χ4n) is 3.45.